The number of H-pyrrole nitrogens is 1. The fourth-order valence-corrected chi connectivity index (χ4v) is 4.35. The molecule has 9 N–H and O–H groups in total. The van der Waals surface area contributed by atoms with Crippen molar-refractivity contribution in [3.05, 3.63) is 71.9 Å². The van der Waals surface area contributed by atoms with Crippen LogP contribution in [0.15, 0.2) is 60.8 Å². The van der Waals surface area contributed by atoms with Gasteiger partial charge in [0.25, 0.3) is 0 Å². The van der Waals surface area contributed by atoms with Crippen LogP contribution in [0.3, 0.4) is 0 Å². The van der Waals surface area contributed by atoms with Crippen molar-refractivity contribution < 1.29 is 39.3 Å². The summed E-state index contributed by atoms with van der Waals surface area (Å²) >= 11 is 0. The Balaban J connectivity index is 1.84. The third kappa shape index (κ3) is 8.88. The number of hydrogen-bond donors (Lipinski definition) is 8. The number of carbonyl (C=O) groups excluding carboxylic acids is 3. The molecule has 1 heterocycles. The fraction of sp³-hybridized carbons (Fsp3) is 0.345. The number of hydrogen-bond acceptors (Lipinski definition) is 7. The molecule has 5 atom stereocenters. The molecule has 0 aliphatic rings. The maximum Gasteiger partial charge on any atom is 0.326 e. The quantitative estimate of drug-likeness (QED) is 0.121. The number of aliphatic hydroxyl groups is 1. The average molecular weight is 582 g/mol. The smallest absolute Gasteiger partial charge is 0.326 e. The summed E-state index contributed by atoms with van der Waals surface area (Å²) in [5, 5.41) is 36.8. The van der Waals surface area contributed by atoms with Gasteiger partial charge in [0, 0.05) is 36.4 Å². The van der Waals surface area contributed by atoms with E-state index in [4.69, 9.17) is 5.73 Å². The molecular formula is C29H35N5O8. The second kappa shape index (κ2) is 14.8. The molecule has 2 aromatic carbocycles. The van der Waals surface area contributed by atoms with Crippen molar-refractivity contribution in [1.82, 2.24) is 20.9 Å². The van der Waals surface area contributed by atoms with Crippen LogP contribution in [-0.2, 0) is 36.8 Å². The summed E-state index contributed by atoms with van der Waals surface area (Å²) in [7, 11) is 0. The molecule has 5 unspecified atom stereocenters. The van der Waals surface area contributed by atoms with Crippen molar-refractivity contribution in [2.45, 2.75) is 62.9 Å². The van der Waals surface area contributed by atoms with Gasteiger partial charge in [-0.3, -0.25) is 19.2 Å². The van der Waals surface area contributed by atoms with Crippen LogP contribution in [0.2, 0.25) is 0 Å². The first-order valence-corrected chi connectivity index (χ1v) is 13.3. The van der Waals surface area contributed by atoms with Crippen molar-refractivity contribution >= 4 is 40.6 Å². The first-order valence-electron chi connectivity index (χ1n) is 13.3. The van der Waals surface area contributed by atoms with Crippen LogP contribution >= 0.6 is 0 Å². The lowest BCUT2D eigenvalue weighted by molar-refractivity contribution is -0.143. The molecule has 224 valence electrons. The molecule has 3 rings (SSSR count). The van der Waals surface area contributed by atoms with Gasteiger partial charge in [0.2, 0.25) is 17.7 Å². The lowest BCUT2D eigenvalue weighted by Crippen LogP contribution is -2.58. The Morgan fingerprint density at radius 2 is 1.40 bits per heavy atom. The van der Waals surface area contributed by atoms with Gasteiger partial charge in [-0.05, 0) is 30.5 Å². The highest BCUT2D eigenvalue weighted by Gasteiger charge is 2.32. The van der Waals surface area contributed by atoms with E-state index in [0.29, 0.717) is 11.1 Å². The number of aromatic amines is 1. The number of para-hydroxylation sites is 1. The number of aliphatic carboxylic acids is 2. The molecule has 0 saturated carbocycles. The zero-order valence-corrected chi connectivity index (χ0v) is 22.9. The first-order chi connectivity index (χ1) is 20.0. The molecule has 0 fully saturated rings. The van der Waals surface area contributed by atoms with E-state index in [1.165, 1.54) is 6.92 Å². The number of carbonyl (C=O) groups is 5. The molecule has 0 bridgehead atoms. The minimum absolute atomic E-state index is 0.0346. The maximum absolute atomic E-state index is 13.5. The van der Waals surface area contributed by atoms with Gasteiger partial charge in [0.1, 0.15) is 24.2 Å². The van der Waals surface area contributed by atoms with E-state index in [0.717, 1.165) is 10.9 Å². The largest absolute Gasteiger partial charge is 0.481 e. The number of benzene rings is 2. The highest BCUT2D eigenvalue weighted by atomic mass is 16.4. The van der Waals surface area contributed by atoms with E-state index >= 15 is 0 Å². The van der Waals surface area contributed by atoms with Gasteiger partial charge < -0.3 is 42.0 Å². The summed E-state index contributed by atoms with van der Waals surface area (Å²) in [4.78, 5) is 65.7. The van der Waals surface area contributed by atoms with Crippen LogP contribution in [-0.4, -0.2) is 80.2 Å². The van der Waals surface area contributed by atoms with E-state index in [2.05, 4.69) is 20.9 Å². The number of nitrogens with one attached hydrogen (secondary N) is 4. The normalized spacial score (nSPS) is 14.6. The Labute approximate surface area is 241 Å². The lowest BCUT2D eigenvalue weighted by atomic mass is 10.0. The van der Waals surface area contributed by atoms with E-state index in [1.54, 1.807) is 42.6 Å². The molecule has 0 spiro atoms. The van der Waals surface area contributed by atoms with Gasteiger partial charge in [-0.1, -0.05) is 48.5 Å². The number of rotatable bonds is 15. The minimum Gasteiger partial charge on any atom is -0.481 e. The molecule has 1 aromatic heterocycles. The molecule has 13 nitrogen and oxygen atoms in total. The number of carboxylic acid groups (broad SMARTS) is 2. The number of nitrogens with two attached hydrogens (primary N) is 1. The molecule has 13 heteroatoms. The highest BCUT2D eigenvalue weighted by molar-refractivity contribution is 5.95. The van der Waals surface area contributed by atoms with Gasteiger partial charge in [-0.15, -0.1) is 0 Å². The molecule has 3 aromatic rings. The average Bonchev–Trinajstić information content (AvgIpc) is 3.36. The summed E-state index contributed by atoms with van der Waals surface area (Å²) in [6, 6.07) is 10.5. The van der Waals surface area contributed by atoms with Crippen molar-refractivity contribution in [2.75, 3.05) is 0 Å². The molecule has 0 aliphatic heterocycles. The van der Waals surface area contributed by atoms with E-state index in [9.17, 15) is 39.3 Å². The van der Waals surface area contributed by atoms with Crippen LogP contribution in [0.25, 0.3) is 10.9 Å². The Kier molecular flexibility index (Phi) is 11.2. The fourth-order valence-electron chi connectivity index (χ4n) is 4.35. The Hall–Kier alpha value is -4.75. The summed E-state index contributed by atoms with van der Waals surface area (Å²) < 4.78 is 0. The van der Waals surface area contributed by atoms with Crippen LogP contribution in [0.4, 0.5) is 0 Å². The zero-order chi connectivity index (χ0) is 30.8. The van der Waals surface area contributed by atoms with Gasteiger partial charge in [-0.25, -0.2) is 4.79 Å². The molecule has 0 aliphatic carbocycles. The number of aromatic nitrogens is 1. The molecule has 0 saturated heterocycles. The number of aliphatic hydroxyl groups excluding tert-OH is 1. The Morgan fingerprint density at radius 3 is 2.05 bits per heavy atom. The highest BCUT2D eigenvalue weighted by Crippen LogP contribution is 2.19. The van der Waals surface area contributed by atoms with Gasteiger partial charge in [0.05, 0.1) is 6.10 Å². The summed E-state index contributed by atoms with van der Waals surface area (Å²) in [5.74, 6) is -5.08. The second-order valence-corrected chi connectivity index (χ2v) is 9.97. The summed E-state index contributed by atoms with van der Waals surface area (Å²) in [6.45, 7) is 1.32. The van der Waals surface area contributed by atoms with Crippen LogP contribution in [0, 0.1) is 0 Å². The predicted molar refractivity (Wildman–Crippen MR) is 152 cm³/mol. The molecular weight excluding hydrogens is 546 g/mol. The summed E-state index contributed by atoms with van der Waals surface area (Å²) in [6.07, 6.45) is -0.465. The maximum atomic E-state index is 13.5. The third-order valence-corrected chi connectivity index (χ3v) is 6.73. The summed E-state index contributed by atoms with van der Waals surface area (Å²) in [5.41, 5.74) is 7.86. The van der Waals surface area contributed by atoms with Crippen molar-refractivity contribution in [3.63, 3.8) is 0 Å². The van der Waals surface area contributed by atoms with E-state index in [1.807, 2.05) is 18.2 Å². The van der Waals surface area contributed by atoms with Crippen molar-refractivity contribution in [2.24, 2.45) is 5.73 Å². The van der Waals surface area contributed by atoms with E-state index in [-0.39, 0.29) is 19.3 Å². The molecule has 3 amide bonds. The Bertz CT molecular complexity index is 1410. The van der Waals surface area contributed by atoms with E-state index < -0.39 is 66.4 Å². The second-order valence-electron chi connectivity index (χ2n) is 9.97. The standard InChI is InChI=1S/C29H35N5O8/c1-16(35)25(30)28(40)33-22(14-18-15-31-20-10-6-5-9-19(18)20)27(39)32-21(11-12-24(36)37)26(38)34-23(29(41)42)13-17-7-3-2-4-8-17/h2-10,15-16,21-23,25,31,35H,11-14,30H2,1H3,(H,32,39)(H,33,40)(H,34,38)(H,36,37)(H,41,42). The van der Waals surface area contributed by atoms with Gasteiger partial charge >= 0.3 is 11.9 Å². The van der Waals surface area contributed by atoms with Crippen molar-refractivity contribution in [3.8, 4) is 0 Å². The van der Waals surface area contributed by atoms with Crippen LogP contribution < -0.4 is 21.7 Å². The van der Waals surface area contributed by atoms with Gasteiger partial charge in [0.15, 0.2) is 0 Å². The zero-order valence-electron chi connectivity index (χ0n) is 22.9. The lowest BCUT2D eigenvalue weighted by Gasteiger charge is -2.25. The number of fused-ring (bicyclic) bond motifs is 1. The number of carboxylic acids is 2. The minimum atomic E-state index is -1.43. The van der Waals surface area contributed by atoms with Crippen LogP contribution in [0.1, 0.15) is 30.9 Å². The first kappa shape index (κ1) is 31.8. The SMILES string of the molecule is CC(O)C(N)C(=O)NC(Cc1c[nH]c2ccccc12)C(=O)NC(CCC(=O)O)C(=O)NC(Cc1ccccc1)C(=O)O. The molecule has 42 heavy (non-hydrogen) atoms. The predicted octanol–water partition coefficient (Wildman–Crippen LogP) is 0.0650. The molecule has 0 radical (unpaired) electrons. The van der Waals surface area contributed by atoms with Crippen LogP contribution in [0.5, 0.6) is 0 Å². The van der Waals surface area contributed by atoms with Crippen molar-refractivity contribution in [1.29, 1.82) is 0 Å². The van der Waals surface area contributed by atoms with Gasteiger partial charge in [-0.2, -0.15) is 0 Å². The number of amides is 3. The third-order valence-electron chi connectivity index (χ3n) is 6.73. The Morgan fingerprint density at radius 1 is 0.810 bits per heavy atom. The monoisotopic (exact) mass is 581 g/mol. The topological polar surface area (TPSA) is 224 Å².